The quantitative estimate of drug-likeness (QED) is 0.263. The number of aromatic amines is 1. The molecule has 0 spiro atoms. The summed E-state index contributed by atoms with van der Waals surface area (Å²) in [6, 6.07) is 17.3. The Kier molecular flexibility index (Phi) is 6.22. The number of Topliss-reactive ketones (excluding diaryl/α,β-unsaturated/α-hetero) is 1. The second kappa shape index (κ2) is 9.26. The standard InChI is InChI=1S/C25H21N3O6/c26-21(22(30)25(33)34)20(29)12-15-10-16(9-13-5-1-3-7-17(13)15)23(31)28-24(32)19-11-14-6-2-4-8-18(14)27-19/h1-11,21-22,27,30H,12,26H2,(H,33,34)(H,28,31,32). The molecule has 1 heterocycles. The van der Waals surface area contributed by atoms with E-state index in [2.05, 4.69) is 10.3 Å². The largest absolute Gasteiger partial charge is 0.479 e. The van der Waals surface area contributed by atoms with Gasteiger partial charge in [-0.2, -0.15) is 0 Å². The van der Waals surface area contributed by atoms with Gasteiger partial charge in [-0.3, -0.25) is 19.7 Å². The van der Waals surface area contributed by atoms with E-state index in [-0.39, 0.29) is 17.7 Å². The number of hydrogen-bond donors (Lipinski definition) is 5. The lowest BCUT2D eigenvalue weighted by Gasteiger charge is -2.15. The number of aliphatic carboxylic acids is 1. The van der Waals surface area contributed by atoms with Gasteiger partial charge in [0.2, 0.25) is 0 Å². The van der Waals surface area contributed by atoms with Crippen LogP contribution in [0.2, 0.25) is 0 Å². The van der Waals surface area contributed by atoms with Gasteiger partial charge in [0.15, 0.2) is 11.9 Å². The van der Waals surface area contributed by atoms with Crippen LogP contribution in [-0.4, -0.2) is 50.9 Å². The molecule has 4 aromatic rings. The zero-order valence-electron chi connectivity index (χ0n) is 17.8. The number of rotatable bonds is 7. The number of nitrogens with one attached hydrogen (secondary N) is 2. The number of hydrogen-bond acceptors (Lipinski definition) is 6. The lowest BCUT2D eigenvalue weighted by atomic mass is 9.94. The average molecular weight is 459 g/mol. The van der Waals surface area contributed by atoms with Gasteiger partial charge in [0.25, 0.3) is 11.8 Å². The first-order chi connectivity index (χ1) is 16.2. The van der Waals surface area contributed by atoms with Crippen LogP contribution >= 0.6 is 0 Å². The van der Waals surface area contributed by atoms with Crippen molar-refractivity contribution in [1.82, 2.24) is 10.3 Å². The van der Waals surface area contributed by atoms with Gasteiger partial charge in [-0.1, -0.05) is 42.5 Å². The van der Waals surface area contributed by atoms with Crippen LogP contribution in [0.1, 0.15) is 26.4 Å². The van der Waals surface area contributed by atoms with Crippen molar-refractivity contribution in [3.05, 3.63) is 83.6 Å². The second-order valence-electron chi connectivity index (χ2n) is 7.86. The maximum absolute atomic E-state index is 12.9. The fraction of sp³-hybridized carbons (Fsp3) is 0.120. The van der Waals surface area contributed by atoms with Crippen LogP contribution < -0.4 is 11.1 Å². The number of carboxylic acid groups (broad SMARTS) is 1. The monoisotopic (exact) mass is 459 g/mol. The molecule has 9 heteroatoms. The van der Waals surface area contributed by atoms with E-state index in [0.717, 1.165) is 10.9 Å². The van der Waals surface area contributed by atoms with Gasteiger partial charge in [0, 0.05) is 22.9 Å². The Bertz CT molecular complexity index is 1410. The average Bonchev–Trinajstić information content (AvgIpc) is 3.27. The predicted molar refractivity (Wildman–Crippen MR) is 124 cm³/mol. The summed E-state index contributed by atoms with van der Waals surface area (Å²) in [5.74, 6) is -3.59. The van der Waals surface area contributed by atoms with Crippen LogP contribution in [0, 0.1) is 0 Å². The van der Waals surface area contributed by atoms with Gasteiger partial charge >= 0.3 is 5.97 Å². The van der Waals surface area contributed by atoms with E-state index in [1.165, 1.54) is 6.07 Å². The summed E-state index contributed by atoms with van der Waals surface area (Å²) in [7, 11) is 0. The van der Waals surface area contributed by atoms with Gasteiger partial charge in [0.05, 0.1) is 0 Å². The first-order valence-electron chi connectivity index (χ1n) is 10.4. The Morgan fingerprint density at radius 2 is 1.59 bits per heavy atom. The van der Waals surface area contributed by atoms with Gasteiger partial charge in [0.1, 0.15) is 11.7 Å². The smallest absolute Gasteiger partial charge is 0.334 e. The molecule has 3 aromatic carbocycles. The van der Waals surface area contributed by atoms with Crippen molar-refractivity contribution in [2.45, 2.75) is 18.6 Å². The third-order valence-electron chi connectivity index (χ3n) is 5.54. The Balaban J connectivity index is 1.61. The maximum Gasteiger partial charge on any atom is 0.334 e. The van der Waals surface area contributed by atoms with Crippen LogP contribution in [0.5, 0.6) is 0 Å². The molecule has 0 radical (unpaired) electrons. The molecule has 0 saturated heterocycles. The molecule has 4 rings (SSSR count). The third-order valence-corrected chi connectivity index (χ3v) is 5.54. The molecule has 0 aliphatic carbocycles. The number of H-pyrrole nitrogens is 1. The fourth-order valence-electron chi connectivity index (χ4n) is 3.74. The van der Waals surface area contributed by atoms with E-state index in [1.807, 2.05) is 24.3 Å². The van der Waals surface area contributed by atoms with Crippen molar-refractivity contribution in [3.63, 3.8) is 0 Å². The molecule has 6 N–H and O–H groups in total. The van der Waals surface area contributed by atoms with E-state index in [0.29, 0.717) is 16.3 Å². The van der Waals surface area contributed by atoms with Crippen LogP contribution in [-0.2, 0) is 16.0 Å². The molecule has 0 bridgehead atoms. The SMILES string of the molecule is NC(C(=O)Cc1cc(C(=O)NC(=O)c2cc3ccccc3[nH]2)cc2ccccc12)C(O)C(=O)O. The number of imide groups is 1. The summed E-state index contributed by atoms with van der Waals surface area (Å²) < 4.78 is 0. The highest BCUT2D eigenvalue weighted by Crippen LogP contribution is 2.23. The summed E-state index contributed by atoms with van der Waals surface area (Å²) in [6.07, 6.45) is -2.34. The van der Waals surface area contributed by atoms with Gasteiger partial charge in [-0.15, -0.1) is 0 Å². The summed E-state index contributed by atoms with van der Waals surface area (Å²) in [5.41, 5.74) is 7.14. The van der Waals surface area contributed by atoms with Crippen molar-refractivity contribution in [1.29, 1.82) is 0 Å². The number of nitrogens with two attached hydrogens (primary N) is 1. The molecular weight excluding hydrogens is 438 g/mol. The summed E-state index contributed by atoms with van der Waals surface area (Å²) in [4.78, 5) is 52.0. The Hall–Kier alpha value is -4.34. The van der Waals surface area contributed by atoms with E-state index in [4.69, 9.17) is 10.8 Å². The molecular formula is C25H21N3O6. The molecule has 0 aliphatic heterocycles. The first-order valence-corrected chi connectivity index (χ1v) is 10.4. The zero-order valence-corrected chi connectivity index (χ0v) is 17.8. The number of para-hydroxylation sites is 1. The number of aromatic nitrogens is 1. The Labute approximate surface area is 193 Å². The topological polar surface area (TPSA) is 163 Å². The first kappa shape index (κ1) is 22.8. The number of carboxylic acids is 1. The van der Waals surface area contributed by atoms with Crippen molar-refractivity contribution in [2.24, 2.45) is 5.73 Å². The number of aliphatic hydroxyl groups is 1. The number of ketones is 1. The predicted octanol–water partition coefficient (Wildman–Crippen LogP) is 1.78. The van der Waals surface area contributed by atoms with Crippen molar-refractivity contribution in [3.8, 4) is 0 Å². The number of carbonyl (C=O) groups is 4. The minimum atomic E-state index is -2.04. The highest BCUT2D eigenvalue weighted by Gasteiger charge is 2.29. The molecule has 34 heavy (non-hydrogen) atoms. The third kappa shape index (κ3) is 4.56. The van der Waals surface area contributed by atoms with Crippen molar-refractivity contribution >= 4 is 45.2 Å². The zero-order chi connectivity index (χ0) is 24.4. The molecule has 0 saturated carbocycles. The maximum atomic E-state index is 12.9. The molecule has 0 fully saturated rings. The van der Waals surface area contributed by atoms with E-state index in [9.17, 15) is 24.3 Å². The number of carbonyl (C=O) groups excluding carboxylic acids is 3. The van der Waals surface area contributed by atoms with Crippen molar-refractivity contribution in [2.75, 3.05) is 0 Å². The molecule has 2 amide bonds. The van der Waals surface area contributed by atoms with Gasteiger partial charge in [-0.05, 0) is 40.6 Å². The summed E-state index contributed by atoms with van der Waals surface area (Å²) in [5, 5.41) is 23.0. The summed E-state index contributed by atoms with van der Waals surface area (Å²) >= 11 is 0. The van der Waals surface area contributed by atoms with E-state index < -0.39 is 35.7 Å². The molecule has 2 unspecified atom stereocenters. The van der Waals surface area contributed by atoms with E-state index >= 15 is 0 Å². The molecule has 1 aromatic heterocycles. The van der Waals surface area contributed by atoms with Crippen LogP contribution in [0.15, 0.2) is 66.7 Å². The minimum absolute atomic E-state index is 0.137. The number of aliphatic hydroxyl groups excluding tert-OH is 1. The van der Waals surface area contributed by atoms with Crippen LogP contribution in [0.4, 0.5) is 0 Å². The number of amides is 2. The van der Waals surface area contributed by atoms with Crippen molar-refractivity contribution < 1.29 is 29.4 Å². The minimum Gasteiger partial charge on any atom is -0.479 e. The second-order valence-corrected chi connectivity index (χ2v) is 7.86. The highest BCUT2D eigenvalue weighted by atomic mass is 16.4. The Morgan fingerprint density at radius 3 is 2.29 bits per heavy atom. The lowest BCUT2D eigenvalue weighted by Crippen LogP contribution is -2.46. The van der Waals surface area contributed by atoms with Crippen LogP contribution in [0.3, 0.4) is 0 Å². The van der Waals surface area contributed by atoms with Crippen LogP contribution in [0.25, 0.3) is 21.7 Å². The molecule has 0 aliphatic rings. The molecule has 9 nitrogen and oxygen atoms in total. The van der Waals surface area contributed by atoms with Gasteiger partial charge < -0.3 is 20.9 Å². The fourth-order valence-corrected chi connectivity index (χ4v) is 3.74. The summed E-state index contributed by atoms with van der Waals surface area (Å²) in [6.45, 7) is 0. The number of fused-ring (bicyclic) bond motifs is 2. The normalized spacial score (nSPS) is 12.9. The van der Waals surface area contributed by atoms with E-state index in [1.54, 1.807) is 36.4 Å². The lowest BCUT2D eigenvalue weighted by molar-refractivity contribution is -0.149. The molecule has 2 atom stereocenters. The van der Waals surface area contributed by atoms with Gasteiger partial charge in [-0.25, -0.2) is 4.79 Å². The number of benzene rings is 3. The molecule has 172 valence electrons. The highest BCUT2D eigenvalue weighted by molar-refractivity contribution is 6.12. The Morgan fingerprint density at radius 1 is 0.912 bits per heavy atom.